The molecule has 0 atom stereocenters. The van der Waals surface area contributed by atoms with E-state index in [9.17, 15) is 0 Å². The van der Waals surface area contributed by atoms with Crippen LogP contribution in [-0.2, 0) is 6.54 Å². The molecular formula is C13H15N5O. The molecule has 98 valence electrons. The van der Waals surface area contributed by atoms with Crippen LogP contribution in [-0.4, -0.2) is 25.0 Å². The lowest BCUT2D eigenvalue weighted by molar-refractivity contribution is 0.561. The van der Waals surface area contributed by atoms with Crippen molar-refractivity contribution in [1.29, 1.82) is 0 Å². The fourth-order valence-electron chi connectivity index (χ4n) is 1.90. The van der Waals surface area contributed by atoms with Crippen molar-refractivity contribution in [2.45, 2.75) is 26.3 Å². The number of hydrogen-bond acceptors (Lipinski definition) is 4. The van der Waals surface area contributed by atoms with Crippen LogP contribution in [0.25, 0.3) is 23.0 Å². The molecule has 0 amide bonds. The molecule has 0 aliphatic carbocycles. The van der Waals surface area contributed by atoms with Crippen LogP contribution >= 0.6 is 0 Å². The first-order chi connectivity index (χ1) is 9.38. The third-order valence-electron chi connectivity index (χ3n) is 2.89. The first-order valence-corrected chi connectivity index (χ1v) is 6.36. The number of hydrogen-bond donors (Lipinski definition) is 1. The van der Waals surface area contributed by atoms with Crippen molar-refractivity contribution in [1.82, 2.24) is 25.0 Å². The number of aromatic nitrogens is 5. The highest BCUT2D eigenvalue weighted by atomic mass is 16.3. The van der Waals surface area contributed by atoms with Gasteiger partial charge in [0.2, 0.25) is 5.82 Å². The van der Waals surface area contributed by atoms with Crippen molar-refractivity contribution in [3.05, 3.63) is 30.8 Å². The van der Waals surface area contributed by atoms with Crippen molar-refractivity contribution in [3.63, 3.8) is 0 Å². The first-order valence-electron chi connectivity index (χ1n) is 6.36. The van der Waals surface area contributed by atoms with Crippen LogP contribution < -0.4 is 0 Å². The Bertz CT molecular complexity index is 624. The van der Waals surface area contributed by atoms with Crippen molar-refractivity contribution in [3.8, 4) is 23.0 Å². The zero-order chi connectivity index (χ0) is 13.1. The smallest absolute Gasteiger partial charge is 0.217 e. The van der Waals surface area contributed by atoms with Crippen LogP contribution in [0.2, 0.25) is 0 Å². The van der Waals surface area contributed by atoms with E-state index in [1.54, 1.807) is 12.5 Å². The summed E-state index contributed by atoms with van der Waals surface area (Å²) in [7, 11) is 0. The minimum absolute atomic E-state index is 0.609. The van der Waals surface area contributed by atoms with E-state index < -0.39 is 0 Å². The monoisotopic (exact) mass is 257 g/mol. The molecule has 19 heavy (non-hydrogen) atoms. The minimum Gasteiger partial charge on any atom is -0.461 e. The molecule has 0 saturated heterocycles. The Labute approximate surface area is 110 Å². The van der Waals surface area contributed by atoms with E-state index in [2.05, 4.69) is 27.2 Å². The van der Waals surface area contributed by atoms with Gasteiger partial charge in [0.25, 0.3) is 0 Å². The first kappa shape index (κ1) is 11.7. The molecule has 6 nitrogen and oxygen atoms in total. The Morgan fingerprint density at radius 1 is 1.42 bits per heavy atom. The Morgan fingerprint density at radius 3 is 3.05 bits per heavy atom. The lowest BCUT2D eigenvalue weighted by atomic mass is 10.3. The molecule has 0 fully saturated rings. The van der Waals surface area contributed by atoms with Crippen LogP contribution in [0.1, 0.15) is 19.8 Å². The molecule has 0 aliphatic rings. The molecule has 3 aromatic heterocycles. The van der Waals surface area contributed by atoms with Crippen molar-refractivity contribution in [2.24, 2.45) is 0 Å². The molecule has 3 aromatic rings. The van der Waals surface area contributed by atoms with Gasteiger partial charge in [-0.2, -0.15) is 5.10 Å². The van der Waals surface area contributed by atoms with E-state index >= 15 is 0 Å². The Hall–Kier alpha value is -2.37. The summed E-state index contributed by atoms with van der Waals surface area (Å²) in [5, 5.41) is 11.3. The van der Waals surface area contributed by atoms with Gasteiger partial charge in [0.05, 0.1) is 18.0 Å². The molecule has 0 radical (unpaired) electrons. The SMILES string of the molecule is CCCCn1nc(-c2ccco2)nc1-c1cn[nH]c1. The predicted molar refractivity (Wildman–Crippen MR) is 70.2 cm³/mol. The van der Waals surface area contributed by atoms with Crippen molar-refractivity contribution < 1.29 is 4.42 Å². The molecule has 0 saturated carbocycles. The quantitative estimate of drug-likeness (QED) is 0.762. The van der Waals surface area contributed by atoms with E-state index in [1.165, 1.54) is 0 Å². The molecule has 3 heterocycles. The number of unbranched alkanes of at least 4 members (excludes halogenated alkanes) is 1. The van der Waals surface area contributed by atoms with E-state index in [0.717, 1.165) is 30.8 Å². The maximum Gasteiger partial charge on any atom is 0.217 e. The van der Waals surface area contributed by atoms with Gasteiger partial charge in [-0.1, -0.05) is 13.3 Å². The second kappa shape index (κ2) is 5.09. The van der Waals surface area contributed by atoms with Crippen LogP contribution in [0, 0.1) is 0 Å². The molecule has 0 aromatic carbocycles. The average molecular weight is 257 g/mol. The average Bonchev–Trinajstić information content (AvgIpc) is 3.14. The minimum atomic E-state index is 0.609. The lowest BCUT2D eigenvalue weighted by Gasteiger charge is -2.02. The maximum atomic E-state index is 5.35. The van der Waals surface area contributed by atoms with E-state index in [4.69, 9.17) is 4.42 Å². The van der Waals surface area contributed by atoms with Gasteiger partial charge in [-0.05, 0) is 18.6 Å². The molecule has 3 rings (SSSR count). The molecule has 0 aliphatic heterocycles. The van der Waals surface area contributed by atoms with Gasteiger partial charge in [-0.25, -0.2) is 9.67 Å². The molecule has 0 unspecified atom stereocenters. The van der Waals surface area contributed by atoms with Crippen molar-refractivity contribution >= 4 is 0 Å². The fourth-order valence-corrected chi connectivity index (χ4v) is 1.90. The van der Waals surface area contributed by atoms with Crippen LogP contribution in [0.4, 0.5) is 0 Å². The van der Waals surface area contributed by atoms with Crippen molar-refractivity contribution in [2.75, 3.05) is 0 Å². The Morgan fingerprint density at radius 2 is 2.37 bits per heavy atom. The third-order valence-corrected chi connectivity index (χ3v) is 2.89. The van der Waals surface area contributed by atoms with Gasteiger partial charge < -0.3 is 4.42 Å². The van der Waals surface area contributed by atoms with Crippen LogP contribution in [0.5, 0.6) is 0 Å². The molecular weight excluding hydrogens is 242 g/mol. The standard InChI is InChI=1S/C13H15N5O/c1-2-3-6-18-13(10-8-14-15-9-10)16-12(17-18)11-5-4-7-19-11/h4-5,7-9H,2-3,6H2,1H3,(H,14,15). The Balaban J connectivity index is 2.01. The van der Waals surface area contributed by atoms with Gasteiger partial charge in [-0.15, -0.1) is 5.10 Å². The molecule has 1 N–H and O–H groups in total. The largest absolute Gasteiger partial charge is 0.461 e. The van der Waals surface area contributed by atoms with Gasteiger partial charge >= 0.3 is 0 Å². The zero-order valence-electron chi connectivity index (χ0n) is 10.7. The lowest BCUT2D eigenvalue weighted by Crippen LogP contribution is -2.02. The second-order valence-electron chi connectivity index (χ2n) is 4.30. The predicted octanol–water partition coefficient (Wildman–Crippen LogP) is 2.73. The van der Waals surface area contributed by atoms with E-state index in [0.29, 0.717) is 11.6 Å². The number of rotatable bonds is 5. The summed E-state index contributed by atoms with van der Waals surface area (Å²) in [6, 6.07) is 3.69. The third kappa shape index (κ3) is 2.29. The summed E-state index contributed by atoms with van der Waals surface area (Å²) in [5.74, 6) is 2.10. The second-order valence-corrected chi connectivity index (χ2v) is 4.30. The van der Waals surface area contributed by atoms with Gasteiger partial charge in [0, 0.05) is 12.7 Å². The topological polar surface area (TPSA) is 72.5 Å². The summed E-state index contributed by atoms with van der Waals surface area (Å²) >= 11 is 0. The number of aryl methyl sites for hydroxylation is 1. The van der Waals surface area contributed by atoms with Gasteiger partial charge in [-0.3, -0.25) is 5.10 Å². The van der Waals surface area contributed by atoms with E-state index in [-0.39, 0.29) is 0 Å². The molecule has 0 spiro atoms. The zero-order valence-corrected chi connectivity index (χ0v) is 10.7. The summed E-state index contributed by atoms with van der Waals surface area (Å²) < 4.78 is 7.26. The number of aromatic amines is 1. The summed E-state index contributed by atoms with van der Waals surface area (Å²) in [6.45, 7) is 2.99. The number of nitrogens with zero attached hydrogens (tertiary/aromatic N) is 4. The highest BCUT2D eigenvalue weighted by Crippen LogP contribution is 2.22. The summed E-state index contributed by atoms with van der Waals surface area (Å²) in [5.41, 5.74) is 0.932. The molecule has 6 heteroatoms. The summed E-state index contributed by atoms with van der Waals surface area (Å²) in [6.07, 6.45) is 7.36. The fraction of sp³-hybridized carbons (Fsp3) is 0.308. The molecule has 0 bridgehead atoms. The van der Waals surface area contributed by atoms with E-state index in [1.807, 2.05) is 23.0 Å². The number of furan rings is 1. The van der Waals surface area contributed by atoms with Crippen LogP contribution in [0.3, 0.4) is 0 Å². The van der Waals surface area contributed by atoms with Crippen LogP contribution in [0.15, 0.2) is 35.2 Å². The van der Waals surface area contributed by atoms with Gasteiger partial charge in [0.15, 0.2) is 11.6 Å². The number of H-pyrrole nitrogens is 1. The Kier molecular flexibility index (Phi) is 3.14. The summed E-state index contributed by atoms with van der Waals surface area (Å²) in [4.78, 5) is 4.55. The maximum absolute atomic E-state index is 5.35. The normalized spacial score (nSPS) is 11.0. The highest BCUT2D eigenvalue weighted by molar-refractivity contribution is 5.57. The highest BCUT2D eigenvalue weighted by Gasteiger charge is 2.15. The number of nitrogens with one attached hydrogen (secondary N) is 1. The van der Waals surface area contributed by atoms with Gasteiger partial charge in [0.1, 0.15) is 0 Å².